The van der Waals surface area contributed by atoms with E-state index in [2.05, 4.69) is 50.2 Å². The lowest BCUT2D eigenvalue weighted by molar-refractivity contribution is -0.140. The standard InChI is InChI=1S/C29H50N6O4/c1-20(2)19-35(22-15-21(16-30-17-22)25(36)34-12-9-29(6,38)10-13-34)26(37)23-18-32-27(28(3,4)5)33-24(23)31-11-8-14-39-7/h18,20-22,30,38H,8-17,19H2,1-7H3,(H,31,32,33)/t21-,22+/m1/s1. The molecule has 0 aromatic carbocycles. The average Bonchev–Trinajstić information content (AvgIpc) is 2.88. The van der Waals surface area contributed by atoms with Gasteiger partial charge in [0.05, 0.1) is 11.5 Å². The summed E-state index contributed by atoms with van der Waals surface area (Å²) < 4.78 is 5.18. The highest BCUT2D eigenvalue weighted by atomic mass is 16.5. The molecule has 3 rings (SSSR count). The molecule has 2 amide bonds. The van der Waals surface area contributed by atoms with Crippen LogP contribution in [0.5, 0.6) is 0 Å². The van der Waals surface area contributed by atoms with Crippen molar-refractivity contribution in [2.45, 2.75) is 84.3 Å². The number of nitrogens with one attached hydrogen (secondary N) is 2. The Labute approximate surface area is 234 Å². The predicted molar refractivity (Wildman–Crippen MR) is 153 cm³/mol. The number of anilines is 1. The highest BCUT2D eigenvalue weighted by molar-refractivity contribution is 5.98. The van der Waals surface area contributed by atoms with E-state index in [-0.39, 0.29) is 35.1 Å². The van der Waals surface area contributed by atoms with Gasteiger partial charge in [-0.05, 0) is 38.5 Å². The Bertz CT molecular complexity index is 967. The minimum absolute atomic E-state index is 0.109. The number of likely N-dealkylation sites (tertiary alicyclic amines) is 1. The molecule has 0 bridgehead atoms. The molecule has 1 aromatic rings. The summed E-state index contributed by atoms with van der Waals surface area (Å²) in [7, 11) is 1.67. The molecule has 2 aliphatic heterocycles. The maximum Gasteiger partial charge on any atom is 0.259 e. The molecule has 3 N–H and O–H groups in total. The van der Waals surface area contributed by atoms with Gasteiger partial charge in [0, 0.05) is 70.6 Å². The number of aliphatic hydroxyl groups is 1. The number of piperidine rings is 2. The lowest BCUT2D eigenvalue weighted by Crippen LogP contribution is -2.56. The Morgan fingerprint density at radius 2 is 1.97 bits per heavy atom. The van der Waals surface area contributed by atoms with Crippen molar-refractivity contribution in [2.24, 2.45) is 11.8 Å². The molecule has 0 aliphatic carbocycles. The maximum atomic E-state index is 14.1. The highest BCUT2D eigenvalue weighted by Gasteiger charge is 2.38. The van der Waals surface area contributed by atoms with Crippen molar-refractivity contribution >= 4 is 17.6 Å². The quantitative estimate of drug-likeness (QED) is 0.383. The van der Waals surface area contributed by atoms with Gasteiger partial charge in [-0.2, -0.15) is 0 Å². The van der Waals surface area contributed by atoms with Crippen molar-refractivity contribution < 1.29 is 19.4 Å². The van der Waals surface area contributed by atoms with Gasteiger partial charge < -0.3 is 30.3 Å². The van der Waals surface area contributed by atoms with Crippen molar-refractivity contribution in [3.05, 3.63) is 17.6 Å². The first-order valence-corrected chi connectivity index (χ1v) is 14.5. The van der Waals surface area contributed by atoms with Gasteiger partial charge in [-0.1, -0.05) is 34.6 Å². The second kappa shape index (κ2) is 13.4. The first-order valence-electron chi connectivity index (χ1n) is 14.5. The van der Waals surface area contributed by atoms with Crippen LogP contribution in [-0.4, -0.2) is 101 Å². The Morgan fingerprint density at radius 1 is 1.28 bits per heavy atom. The summed E-state index contributed by atoms with van der Waals surface area (Å²) in [5.74, 6) is 1.25. The van der Waals surface area contributed by atoms with Gasteiger partial charge in [-0.25, -0.2) is 9.97 Å². The molecule has 0 saturated carbocycles. The Hall–Kier alpha value is -2.30. The summed E-state index contributed by atoms with van der Waals surface area (Å²) in [6.45, 7) is 16.4. The summed E-state index contributed by atoms with van der Waals surface area (Å²) in [6.07, 6.45) is 4.22. The van der Waals surface area contributed by atoms with E-state index in [0.29, 0.717) is 82.3 Å². The predicted octanol–water partition coefficient (Wildman–Crippen LogP) is 2.67. The summed E-state index contributed by atoms with van der Waals surface area (Å²) in [5.41, 5.74) is -0.511. The van der Waals surface area contributed by atoms with E-state index in [1.807, 2.05) is 16.7 Å². The van der Waals surface area contributed by atoms with Crippen LogP contribution in [0.25, 0.3) is 0 Å². The number of amides is 2. The van der Waals surface area contributed by atoms with Gasteiger partial charge in [0.15, 0.2) is 0 Å². The van der Waals surface area contributed by atoms with E-state index >= 15 is 0 Å². The fourth-order valence-corrected chi connectivity index (χ4v) is 5.22. The Morgan fingerprint density at radius 3 is 2.59 bits per heavy atom. The lowest BCUT2D eigenvalue weighted by Gasteiger charge is -2.41. The number of carbonyl (C=O) groups excluding carboxylic acids is 2. The van der Waals surface area contributed by atoms with E-state index in [0.717, 1.165) is 6.42 Å². The molecule has 1 aromatic heterocycles. The number of ether oxygens (including phenoxy) is 1. The van der Waals surface area contributed by atoms with Gasteiger partial charge >= 0.3 is 0 Å². The minimum atomic E-state index is -0.704. The van der Waals surface area contributed by atoms with Crippen molar-refractivity contribution in [3.8, 4) is 0 Å². The van der Waals surface area contributed by atoms with Crippen LogP contribution in [0.4, 0.5) is 5.82 Å². The molecular weight excluding hydrogens is 496 g/mol. The molecule has 0 radical (unpaired) electrons. The van der Waals surface area contributed by atoms with E-state index < -0.39 is 5.60 Å². The summed E-state index contributed by atoms with van der Waals surface area (Å²) in [4.78, 5) is 40.7. The number of rotatable bonds is 10. The molecule has 0 unspecified atom stereocenters. The number of hydrogen-bond donors (Lipinski definition) is 3. The van der Waals surface area contributed by atoms with E-state index in [1.54, 1.807) is 13.3 Å². The van der Waals surface area contributed by atoms with Gasteiger partial charge in [-0.15, -0.1) is 0 Å². The minimum Gasteiger partial charge on any atom is -0.390 e. The van der Waals surface area contributed by atoms with Crippen LogP contribution in [0.2, 0.25) is 0 Å². The fraction of sp³-hybridized carbons (Fsp3) is 0.793. The third kappa shape index (κ3) is 8.59. The van der Waals surface area contributed by atoms with Crippen molar-refractivity contribution in [1.82, 2.24) is 25.1 Å². The molecule has 3 heterocycles. The molecule has 0 spiro atoms. The zero-order valence-corrected chi connectivity index (χ0v) is 25.0. The lowest BCUT2D eigenvalue weighted by atomic mass is 9.89. The molecule has 2 saturated heterocycles. The molecule has 2 fully saturated rings. The van der Waals surface area contributed by atoms with Crippen molar-refractivity contribution in [2.75, 3.05) is 58.3 Å². The molecule has 220 valence electrons. The maximum absolute atomic E-state index is 14.1. The van der Waals surface area contributed by atoms with Crippen LogP contribution < -0.4 is 10.6 Å². The Kier molecular flexibility index (Phi) is 10.7. The number of nitrogens with zero attached hydrogens (tertiary/aromatic N) is 4. The third-order valence-corrected chi connectivity index (χ3v) is 7.60. The SMILES string of the molecule is COCCCNc1nc(C(C)(C)C)ncc1C(=O)N(CC(C)C)[C@@H]1CNC[C@H](C(=O)N2CCC(C)(O)CC2)C1. The average molecular weight is 547 g/mol. The first kappa shape index (κ1) is 31.2. The number of carbonyl (C=O) groups is 2. The van der Waals surface area contributed by atoms with E-state index in [1.165, 1.54) is 0 Å². The molecule has 2 aliphatic rings. The zero-order valence-electron chi connectivity index (χ0n) is 25.0. The van der Waals surface area contributed by atoms with Crippen LogP contribution in [0, 0.1) is 11.8 Å². The number of hydrogen-bond acceptors (Lipinski definition) is 8. The molecular formula is C29H50N6O4. The van der Waals surface area contributed by atoms with Crippen LogP contribution in [0.15, 0.2) is 6.20 Å². The molecule has 2 atom stereocenters. The largest absolute Gasteiger partial charge is 0.390 e. The number of methoxy groups -OCH3 is 1. The van der Waals surface area contributed by atoms with Crippen molar-refractivity contribution in [1.29, 1.82) is 0 Å². The topological polar surface area (TPSA) is 120 Å². The van der Waals surface area contributed by atoms with Crippen molar-refractivity contribution in [3.63, 3.8) is 0 Å². The number of aromatic nitrogens is 2. The van der Waals surface area contributed by atoms with Gasteiger partial charge in [0.25, 0.3) is 5.91 Å². The monoisotopic (exact) mass is 546 g/mol. The molecule has 39 heavy (non-hydrogen) atoms. The van der Waals surface area contributed by atoms with Gasteiger partial charge in [0.2, 0.25) is 5.91 Å². The molecule has 10 nitrogen and oxygen atoms in total. The summed E-state index contributed by atoms with van der Waals surface area (Å²) in [5, 5.41) is 17.1. The van der Waals surface area contributed by atoms with Crippen LogP contribution in [-0.2, 0) is 14.9 Å². The first-order chi connectivity index (χ1) is 18.3. The second-order valence-corrected chi connectivity index (χ2v) is 12.9. The zero-order chi connectivity index (χ0) is 28.8. The van der Waals surface area contributed by atoms with Gasteiger partial charge in [-0.3, -0.25) is 9.59 Å². The summed E-state index contributed by atoms with van der Waals surface area (Å²) >= 11 is 0. The highest BCUT2D eigenvalue weighted by Crippen LogP contribution is 2.27. The van der Waals surface area contributed by atoms with Crippen LogP contribution in [0.1, 0.15) is 83.4 Å². The second-order valence-electron chi connectivity index (χ2n) is 12.9. The molecule has 10 heteroatoms. The van der Waals surface area contributed by atoms with E-state index in [9.17, 15) is 14.7 Å². The Balaban J connectivity index is 1.82. The normalized spacial score (nSPS) is 21.6. The third-order valence-electron chi connectivity index (χ3n) is 7.60. The fourth-order valence-electron chi connectivity index (χ4n) is 5.22. The van der Waals surface area contributed by atoms with Gasteiger partial charge in [0.1, 0.15) is 17.2 Å². The van der Waals surface area contributed by atoms with Crippen LogP contribution >= 0.6 is 0 Å². The smallest absolute Gasteiger partial charge is 0.259 e. The van der Waals surface area contributed by atoms with Crippen LogP contribution in [0.3, 0.4) is 0 Å². The summed E-state index contributed by atoms with van der Waals surface area (Å²) in [6, 6.07) is -0.126. The van der Waals surface area contributed by atoms with E-state index in [4.69, 9.17) is 9.72 Å².